The zero-order valence-corrected chi connectivity index (χ0v) is 18.6. The molecule has 4 rings (SSSR count). The number of ether oxygens (including phenoxy) is 2. The van der Waals surface area contributed by atoms with Crippen molar-refractivity contribution in [2.75, 3.05) is 40.4 Å². The van der Waals surface area contributed by atoms with Crippen molar-refractivity contribution in [1.29, 1.82) is 0 Å². The largest absolute Gasteiger partial charge is 0.493 e. The summed E-state index contributed by atoms with van der Waals surface area (Å²) in [5.41, 5.74) is 2.67. The number of rotatable bonds is 6. The van der Waals surface area contributed by atoms with Gasteiger partial charge in [-0.25, -0.2) is 17.6 Å². The van der Waals surface area contributed by atoms with Gasteiger partial charge in [-0.2, -0.15) is 4.31 Å². The molecule has 1 N–H and O–H groups in total. The number of hydrogen-bond donors (Lipinski definition) is 1. The highest BCUT2D eigenvalue weighted by molar-refractivity contribution is 7.89. The van der Waals surface area contributed by atoms with E-state index in [0.717, 1.165) is 16.7 Å². The van der Waals surface area contributed by atoms with Crippen LogP contribution in [0.4, 0.5) is 9.18 Å². The molecule has 0 atom stereocenters. The molecule has 2 aromatic rings. The Morgan fingerprint density at radius 1 is 0.969 bits per heavy atom. The molecule has 32 heavy (non-hydrogen) atoms. The van der Waals surface area contributed by atoms with Crippen LogP contribution in [0.5, 0.6) is 11.5 Å². The standard InChI is InChI=1S/C22H24FN3O5S/c1-30-20-8-7-19(9-21(20)31-2)32(28,29)26-13-16-11-25(12-17(16)14-26)22(27)24-10-15-3-5-18(23)6-4-15/h3-9H,10-14H2,1-2H3,(H,24,27). The first-order valence-corrected chi connectivity index (χ1v) is 11.4. The van der Waals surface area contributed by atoms with Crippen molar-refractivity contribution in [1.82, 2.24) is 14.5 Å². The van der Waals surface area contributed by atoms with E-state index in [2.05, 4.69) is 5.32 Å². The lowest BCUT2D eigenvalue weighted by molar-refractivity contribution is 0.208. The number of halogens is 1. The van der Waals surface area contributed by atoms with E-state index in [-0.39, 0.29) is 29.8 Å². The van der Waals surface area contributed by atoms with Crippen molar-refractivity contribution in [2.45, 2.75) is 11.4 Å². The van der Waals surface area contributed by atoms with E-state index in [1.54, 1.807) is 23.1 Å². The third-order valence-corrected chi connectivity index (χ3v) is 7.42. The summed E-state index contributed by atoms with van der Waals surface area (Å²) in [7, 11) is -0.777. The van der Waals surface area contributed by atoms with Crippen molar-refractivity contribution >= 4 is 16.1 Å². The molecule has 8 nitrogen and oxygen atoms in total. The van der Waals surface area contributed by atoms with Crippen LogP contribution in [0.2, 0.25) is 0 Å². The molecule has 170 valence electrons. The normalized spacial score (nSPS) is 16.3. The van der Waals surface area contributed by atoms with Crippen LogP contribution in [0, 0.1) is 5.82 Å². The SMILES string of the molecule is COc1ccc(S(=O)(=O)N2CC3=C(CN(C(=O)NCc4ccc(F)cc4)C3)C2)cc1OC. The van der Waals surface area contributed by atoms with Crippen molar-refractivity contribution < 1.29 is 27.1 Å². The van der Waals surface area contributed by atoms with Crippen LogP contribution < -0.4 is 14.8 Å². The maximum atomic E-state index is 13.1. The van der Waals surface area contributed by atoms with Gasteiger partial charge >= 0.3 is 6.03 Å². The first kappa shape index (κ1) is 22.1. The van der Waals surface area contributed by atoms with Gasteiger partial charge in [-0.15, -0.1) is 0 Å². The fourth-order valence-corrected chi connectivity index (χ4v) is 5.32. The van der Waals surface area contributed by atoms with E-state index in [4.69, 9.17) is 9.47 Å². The zero-order chi connectivity index (χ0) is 22.9. The van der Waals surface area contributed by atoms with Crippen molar-refractivity contribution in [2.24, 2.45) is 0 Å². The first-order chi connectivity index (χ1) is 15.3. The molecule has 2 heterocycles. The molecular weight excluding hydrogens is 437 g/mol. The number of carbonyl (C=O) groups excluding carboxylic acids is 1. The molecule has 10 heteroatoms. The molecule has 0 spiro atoms. The Hall–Kier alpha value is -3.11. The smallest absolute Gasteiger partial charge is 0.318 e. The predicted molar refractivity (Wildman–Crippen MR) is 116 cm³/mol. The second kappa shape index (κ2) is 8.79. The van der Waals surface area contributed by atoms with Gasteiger partial charge in [-0.3, -0.25) is 0 Å². The van der Waals surface area contributed by atoms with Gasteiger partial charge in [0.15, 0.2) is 11.5 Å². The second-order valence-electron chi connectivity index (χ2n) is 7.64. The lowest BCUT2D eigenvalue weighted by atomic mass is 10.2. The molecule has 0 bridgehead atoms. The fourth-order valence-electron chi connectivity index (χ4n) is 3.88. The summed E-state index contributed by atoms with van der Waals surface area (Å²) in [6.07, 6.45) is 0. The highest BCUT2D eigenvalue weighted by atomic mass is 32.2. The molecule has 2 aliphatic heterocycles. The number of carbonyl (C=O) groups is 1. The van der Waals surface area contributed by atoms with Gasteiger partial charge in [0.1, 0.15) is 5.82 Å². The number of nitrogens with zero attached hydrogens (tertiary/aromatic N) is 2. The minimum absolute atomic E-state index is 0.130. The Morgan fingerprint density at radius 2 is 1.59 bits per heavy atom. The molecule has 0 aromatic heterocycles. The Balaban J connectivity index is 1.36. The lowest BCUT2D eigenvalue weighted by Crippen LogP contribution is -2.41. The summed E-state index contributed by atoms with van der Waals surface area (Å²) in [4.78, 5) is 14.3. The van der Waals surface area contributed by atoms with E-state index in [9.17, 15) is 17.6 Å². The molecular formula is C22H24FN3O5S. The van der Waals surface area contributed by atoms with Crippen LogP contribution in [-0.2, 0) is 16.6 Å². The summed E-state index contributed by atoms with van der Waals surface area (Å²) in [5, 5.41) is 2.82. The monoisotopic (exact) mass is 461 g/mol. The number of sulfonamides is 1. The Labute approximate surface area is 186 Å². The van der Waals surface area contributed by atoms with Crippen molar-refractivity contribution in [3.8, 4) is 11.5 Å². The molecule has 0 saturated heterocycles. The van der Waals surface area contributed by atoms with Crippen molar-refractivity contribution in [3.63, 3.8) is 0 Å². The predicted octanol–water partition coefficient (Wildman–Crippen LogP) is 2.37. The number of nitrogens with one attached hydrogen (secondary N) is 1. The van der Waals surface area contributed by atoms with Crippen LogP contribution in [0.1, 0.15) is 5.56 Å². The van der Waals surface area contributed by atoms with Gasteiger partial charge in [0, 0.05) is 38.8 Å². The van der Waals surface area contributed by atoms with Crippen LogP contribution in [0.25, 0.3) is 0 Å². The number of benzene rings is 2. The van der Waals surface area contributed by atoms with E-state index >= 15 is 0 Å². The van der Waals surface area contributed by atoms with Gasteiger partial charge in [-0.05, 0) is 41.0 Å². The Morgan fingerprint density at radius 3 is 2.19 bits per heavy atom. The van der Waals surface area contributed by atoms with E-state index in [0.29, 0.717) is 31.1 Å². The second-order valence-corrected chi connectivity index (χ2v) is 9.58. The van der Waals surface area contributed by atoms with Crippen molar-refractivity contribution in [3.05, 3.63) is 65.0 Å². The highest BCUT2D eigenvalue weighted by Crippen LogP contribution is 2.34. The number of amides is 2. The van der Waals surface area contributed by atoms with E-state index < -0.39 is 10.0 Å². The topological polar surface area (TPSA) is 88.2 Å². The van der Waals surface area contributed by atoms with Crippen LogP contribution >= 0.6 is 0 Å². The van der Waals surface area contributed by atoms with Crippen LogP contribution in [0.15, 0.2) is 58.5 Å². The lowest BCUT2D eigenvalue weighted by Gasteiger charge is -2.23. The van der Waals surface area contributed by atoms with Crippen LogP contribution in [0.3, 0.4) is 0 Å². The van der Waals surface area contributed by atoms with Gasteiger partial charge in [-0.1, -0.05) is 12.1 Å². The van der Waals surface area contributed by atoms with Gasteiger partial charge in [0.2, 0.25) is 10.0 Å². The average Bonchev–Trinajstić information content (AvgIpc) is 3.38. The average molecular weight is 462 g/mol. The quantitative estimate of drug-likeness (QED) is 0.668. The van der Waals surface area contributed by atoms with Gasteiger partial charge < -0.3 is 19.7 Å². The molecule has 0 fully saturated rings. The third kappa shape index (κ3) is 4.28. The number of methoxy groups -OCH3 is 2. The Kier molecular flexibility index (Phi) is 6.07. The molecule has 0 saturated carbocycles. The Bertz CT molecular complexity index is 1150. The summed E-state index contributed by atoms with van der Waals surface area (Å²) in [6.45, 7) is 1.53. The molecule has 2 aromatic carbocycles. The number of urea groups is 1. The zero-order valence-electron chi connectivity index (χ0n) is 17.8. The minimum Gasteiger partial charge on any atom is -0.493 e. The number of hydrogen-bond acceptors (Lipinski definition) is 5. The van der Waals surface area contributed by atoms with Gasteiger partial charge in [0.25, 0.3) is 0 Å². The van der Waals surface area contributed by atoms with Gasteiger partial charge in [0.05, 0.1) is 19.1 Å². The maximum absolute atomic E-state index is 13.1. The molecule has 0 radical (unpaired) electrons. The third-order valence-electron chi connectivity index (χ3n) is 5.63. The minimum atomic E-state index is -3.72. The summed E-state index contributed by atoms with van der Waals surface area (Å²) in [5.74, 6) is 0.473. The first-order valence-electron chi connectivity index (χ1n) is 10.0. The fraction of sp³-hybridized carbons (Fsp3) is 0.318. The van der Waals surface area contributed by atoms with E-state index in [1.807, 2.05) is 0 Å². The highest BCUT2D eigenvalue weighted by Gasteiger charge is 2.37. The molecule has 0 aliphatic carbocycles. The summed E-state index contributed by atoms with van der Waals surface area (Å²) in [6, 6.07) is 10.2. The van der Waals surface area contributed by atoms with Crippen LogP contribution in [-0.4, -0.2) is 64.1 Å². The summed E-state index contributed by atoms with van der Waals surface area (Å²) < 4.78 is 51.0. The molecule has 2 aliphatic rings. The summed E-state index contributed by atoms with van der Waals surface area (Å²) >= 11 is 0. The molecule has 0 unspecified atom stereocenters. The van der Waals surface area contributed by atoms with E-state index in [1.165, 1.54) is 42.8 Å². The maximum Gasteiger partial charge on any atom is 0.318 e. The molecule has 2 amide bonds.